The molecule has 1 aromatic carbocycles. The van der Waals surface area contributed by atoms with Gasteiger partial charge in [0, 0.05) is 37.7 Å². The van der Waals surface area contributed by atoms with Gasteiger partial charge in [-0.3, -0.25) is 9.48 Å². The summed E-state index contributed by atoms with van der Waals surface area (Å²) in [6.07, 6.45) is 2.44. The van der Waals surface area contributed by atoms with Crippen LogP contribution in [0.5, 0.6) is 0 Å². The number of carboxylic acids is 1. The van der Waals surface area contributed by atoms with Crippen molar-refractivity contribution in [2.75, 3.05) is 13.1 Å². The second kappa shape index (κ2) is 7.72. The first-order chi connectivity index (χ1) is 12.4. The van der Waals surface area contributed by atoms with Crippen LogP contribution in [0.2, 0.25) is 0 Å². The smallest absolute Gasteiger partial charge is 0.335 e. The van der Waals surface area contributed by atoms with Crippen molar-refractivity contribution in [1.29, 1.82) is 0 Å². The highest BCUT2D eigenvalue weighted by molar-refractivity contribution is 5.87. The zero-order chi connectivity index (χ0) is 18.7. The Hall–Kier alpha value is -2.63. The van der Waals surface area contributed by atoms with Crippen LogP contribution < -0.4 is 0 Å². The molecule has 1 amide bonds. The first kappa shape index (κ1) is 18.2. The van der Waals surface area contributed by atoms with E-state index in [1.165, 1.54) is 0 Å². The van der Waals surface area contributed by atoms with Crippen LogP contribution in [0.15, 0.2) is 30.3 Å². The van der Waals surface area contributed by atoms with Gasteiger partial charge < -0.3 is 10.0 Å². The second-order valence-electron chi connectivity index (χ2n) is 7.01. The molecule has 1 atom stereocenters. The maximum absolute atomic E-state index is 12.6. The average molecular weight is 355 g/mol. The van der Waals surface area contributed by atoms with Gasteiger partial charge in [-0.05, 0) is 50.5 Å². The zero-order valence-corrected chi connectivity index (χ0v) is 15.3. The lowest BCUT2D eigenvalue weighted by molar-refractivity contribution is -0.132. The van der Waals surface area contributed by atoms with Crippen molar-refractivity contribution in [2.45, 2.75) is 45.6 Å². The number of rotatable bonds is 5. The Labute approximate surface area is 153 Å². The van der Waals surface area contributed by atoms with Crippen LogP contribution in [0.1, 0.15) is 52.5 Å². The van der Waals surface area contributed by atoms with Gasteiger partial charge in [-0.15, -0.1) is 0 Å². The van der Waals surface area contributed by atoms with Gasteiger partial charge in [-0.2, -0.15) is 5.10 Å². The number of carbonyl (C=O) groups excluding carboxylic acids is 1. The number of benzene rings is 1. The van der Waals surface area contributed by atoms with Gasteiger partial charge in [-0.1, -0.05) is 12.1 Å². The van der Waals surface area contributed by atoms with Gasteiger partial charge in [0.25, 0.3) is 0 Å². The number of hydrogen-bond acceptors (Lipinski definition) is 3. The predicted molar refractivity (Wildman–Crippen MR) is 98.3 cm³/mol. The van der Waals surface area contributed by atoms with Gasteiger partial charge >= 0.3 is 5.97 Å². The molecule has 1 fully saturated rings. The molecular formula is C20H25N3O3. The van der Waals surface area contributed by atoms with E-state index >= 15 is 0 Å². The highest BCUT2D eigenvalue weighted by Gasteiger charge is 2.24. The highest BCUT2D eigenvalue weighted by Crippen LogP contribution is 2.27. The van der Waals surface area contributed by atoms with Gasteiger partial charge in [-0.25, -0.2) is 4.79 Å². The Balaban J connectivity index is 1.59. The molecule has 2 aromatic rings. The lowest BCUT2D eigenvalue weighted by Crippen LogP contribution is -2.39. The molecule has 1 aromatic heterocycles. The number of hydrogen-bond donors (Lipinski definition) is 1. The van der Waals surface area contributed by atoms with Gasteiger partial charge in [0.05, 0.1) is 11.3 Å². The number of amides is 1. The molecular weight excluding hydrogens is 330 g/mol. The predicted octanol–water partition coefficient (Wildman–Crippen LogP) is 2.99. The molecule has 0 unspecified atom stereocenters. The number of piperidine rings is 1. The summed E-state index contributed by atoms with van der Waals surface area (Å²) >= 11 is 0. The molecule has 2 heterocycles. The molecule has 1 N–H and O–H groups in total. The fraction of sp³-hybridized carbons (Fsp3) is 0.450. The van der Waals surface area contributed by atoms with E-state index in [2.05, 4.69) is 5.10 Å². The number of carboxylic acid groups (broad SMARTS) is 1. The minimum absolute atomic E-state index is 0.157. The quantitative estimate of drug-likeness (QED) is 0.895. The SMILES string of the molecule is Cc1cc(C)n(CCC(=O)N2CCC[C@@H](c3ccc(C(=O)O)cc3)C2)n1. The van der Waals surface area contributed by atoms with Crippen molar-refractivity contribution in [3.05, 3.63) is 52.8 Å². The summed E-state index contributed by atoms with van der Waals surface area (Å²) in [6.45, 7) is 6.05. The Bertz CT molecular complexity index is 795. The summed E-state index contributed by atoms with van der Waals surface area (Å²) in [4.78, 5) is 25.5. The molecule has 26 heavy (non-hydrogen) atoms. The average Bonchev–Trinajstić information content (AvgIpc) is 2.97. The van der Waals surface area contributed by atoms with Crippen LogP contribution in [0.3, 0.4) is 0 Å². The van der Waals surface area contributed by atoms with Crippen molar-refractivity contribution in [1.82, 2.24) is 14.7 Å². The Morgan fingerprint density at radius 1 is 1.23 bits per heavy atom. The monoisotopic (exact) mass is 355 g/mol. The zero-order valence-electron chi connectivity index (χ0n) is 15.3. The normalized spacial score (nSPS) is 17.3. The Kier molecular flexibility index (Phi) is 5.40. The molecule has 0 radical (unpaired) electrons. The van der Waals surface area contributed by atoms with E-state index in [1.807, 2.05) is 41.6 Å². The molecule has 6 heteroatoms. The van der Waals surface area contributed by atoms with Gasteiger partial charge in [0.1, 0.15) is 0 Å². The maximum atomic E-state index is 12.6. The number of carbonyl (C=O) groups is 2. The van der Waals surface area contributed by atoms with Crippen LogP contribution in [0.25, 0.3) is 0 Å². The van der Waals surface area contributed by atoms with Crippen molar-refractivity contribution >= 4 is 11.9 Å². The van der Waals surface area contributed by atoms with E-state index in [0.717, 1.165) is 36.3 Å². The van der Waals surface area contributed by atoms with Crippen LogP contribution in [0, 0.1) is 13.8 Å². The third-order valence-electron chi connectivity index (χ3n) is 5.04. The fourth-order valence-electron chi connectivity index (χ4n) is 3.63. The highest BCUT2D eigenvalue weighted by atomic mass is 16.4. The van der Waals surface area contributed by atoms with Crippen molar-refractivity contribution in [2.24, 2.45) is 0 Å². The second-order valence-corrected chi connectivity index (χ2v) is 7.01. The van der Waals surface area contributed by atoms with Crippen molar-refractivity contribution in [3.63, 3.8) is 0 Å². The number of likely N-dealkylation sites (tertiary alicyclic amines) is 1. The fourth-order valence-corrected chi connectivity index (χ4v) is 3.63. The third kappa shape index (κ3) is 4.12. The molecule has 6 nitrogen and oxygen atoms in total. The standard InChI is InChI=1S/C20H25N3O3/c1-14-12-15(2)23(21-14)11-9-19(24)22-10-3-4-18(13-22)16-5-7-17(8-6-16)20(25)26/h5-8,12,18H,3-4,9-11,13H2,1-2H3,(H,25,26)/t18-/m1/s1. The maximum Gasteiger partial charge on any atom is 0.335 e. The molecule has 0 spiro atoms. The summed E-state index contributed by atoms with van der Waals surface area (Å²) in [5.74, 6) is -0.491. The summed E-state index contributed by atoms with van der Waals surface area (Å²) < 4.78 is 1.89. The number of aromatic carboxylic acids is 1. The topological polar surface area (TPSA) is 75.4 Å². The van der Waals surface area contributed by atoms with E-state index < -0.39 is 5.97 Å². The van der Waals surface area contributed by atoms with Gasteiger partial charge in [0.15, 0.2) is 0 Å². The number of aryl methyl sites for hydroxylation is 3. The minimum atomic E-state index is -0.916. The van der Waals surface area contributed by atoms with Crippen LogP contribution in [-0.4, -0.2) is 44.8 Å². The van der Waals surface area contributed by atoms with Crippen LogP contribution >= 0.6 is 0 Å². The lowest BCUT2D eigenvalue weighted by atomic mass is 9.90. The number of aromatic nitrogens is 2. The van der Waals surface area contributed by atoms with Gasteiger partial charge in [0.2, 0.25) is 5.91 Å². The van der Waals surface area contributed by atoms with Crippen molar-refractivity contribution < 1.29 is 14.7 Å². The molecule has 3 rings (SSSR count). The van der Waals surface area contributed by atoms with Crippen LogP contribution in [-0.2, 0) is 11.3 Å². The minimum Gasteiger partial charge on any atom is -0.478 e. The summed E-state index contributed by atoms with van der Waals surface area (Å²) in [5.41, 5.74) is 3.44. The molecule has 0 bridgehead atoms. The molecule has 1 saturated heterocycles. The van der Waals surface area contributed by atoms with E-state index in [4.69, 9.17) is 5.11 Å². The first-order valence-electron chi connectivity index (χ1n) is 9.06. The Morgan fingerprint density at radius 3 is 2.58 bits per heavy atom. The largest absolute Gasteiger partial charge is 0.478 e. The van der Waals surface area contributed by atoms with Crippen LogP contribution in [0.4, 0.5) is 0 Å². The lowest BCUT2D eigenvalue weighted by Gasteiger charge is -2.33. The number of nitrogens with zero attached hydrogens (tertiary/aromatic N) is 3. The van der Waals surface area contributed by atoms with E-state index in [0.29, 0.717) is 25.1 Å². The molecule has 1 aliphatic heterocycles. The summed E-state index contributed by atoms with van der Waals surface area (Å²) in [6, 6.07) is 9.04. The summed E-state index contributed by atoms with van der Waals surface area (Å²) in [7, 11) is 0. The van der Waals surface area contributed by atoms with E-state index in [9.17, 15) is 9.59 Å². The first-order valence-corrected chi connectivity index (χ1v) is 9.06. The molecule has 1 aliphatic rings. The van der Waals surface area contributed by atoms with E-state index in [1.54, 1.807) is 12.1 Å². The Morgan fingerprint density at radius 2 is 1.96 bits per heavy atom. The van der Waals surface area contributed by atoms with E-state index in [-0.39, 0.29) is 11.8 Å². The van der Waals surface area contributed by atoms with Crippen molar-refractivity contribution in [3.8, 4) is 0 Å². The third-order valence-corrected chi connectivity index (χ3v) is 5.04. The molecule has 138 valence electrons. The molecule has 0 aliphatic carbocycles. The molecule has 0 saturated carbocycles. The summed E-state index contributed by atoms with van der Waals surface area (Å²) in [5, 5.41) is 13.4.